The second-order valence-corrected chi connectivity index (χ2v) is 19.3. The van der Waals surface area contributed by atoms with Gasteiger partial charge in [0.15, 0.2) is 0 Å². The van der Waals surface area contributed by atoms with E-state index in [1.807, 2.05) is 0 Å². The van der Waals surface area contributed by atoms with E-state index >= 15 is 0 Å². The predicted octanol–water partition coefficient (Wildman–Crippen LogP) is 17.8. The summed E-state index contributed by atoms with van der Waals surface area (Å²) in [5.41, 5.74) is 15.8. The molecule has 0 radical (unpaired) electrons. The molecular weight excluding hydrogens is 797 g/mol. The number of benzene rings is 9. The number of anilines is 6. The largest absolute Gasteiger partial charge is 0.310 e. The van der Waals surface area contributed by atoms with E-state index in [0.29, 0.717) is 35.5 Å². The van der Waals surface area contributed by atoms with Crippen LogP contribution in [-0.4, -0.2) is 0 Å². The summed E-state index contributed by atoms with van der Waals surface area (Å²) in [6.45, 7) is 0. The molecule has 2 heteroatoms. The van der Waals surface area contributed by atoms with E-state index < -0.39 is 0 Å². The average molecular weight is 853 g/mol. The van der Waals surface area contributed by atoms with Gasteiger partial charge in [-0.05, 0) is 168 Å². The van der Waals surface area contributed by atoms with Crippen molar-refractivity contribution in [2.75, 3.05) is 9.80 Å². The van der Waals surface area contributed by atoms with E-state index in [1.54, 1.807) is 0 Å². The Hall–Kier alpha value is -7.16. The SMILES string of the molecule is c1ccc(C2CC(c3ccc(N(c4ccccc4)c4cccc5c(N(c6ccc(C7CC(c8ccccc8)C7)cc6)c6ccc(C7CC(c8ccccc8)C7)cc6)cccc45)cc3)C2)cc1. The van der Waals surface area contributed by atoms with Crippen molar-refractivity contribution in [3.63, 3.8) is 0 Å². The maximum absolute atomic E-state index is 2.49. The molecule has 0 saturated heterocycles. The Balaban J connectivity index is 0.880. The number of fused-ring (bicyclic) bond motifs is 1. The van der Waals surface area contributed by atoms with Crippen molar-refractivity contribution in [3.05, 3.63) is 264 Å². The molecule has 9 aromatic rings. The van der Waals surface area contributed by atoms with Crippen molar-refractivity contribution in [1.29, 1.82) is 0 Å². The molecule has 0 amide bonds. The van der Waals surface area contributed by atoms with Crippen molar-refractivity contribution in [2.24, 2.45) is 0 Å². The van der Waals surface area contributed by atoms with Crippen molar-refractivity contribution < 1.29 is 0 Å². The van der Waals surface area contributed by atoms with Crippen LogP contribution in [0.5, 0.6) is 0 Å². The van der Waals surface area contributed by atoms with Gasteiger partial charge in [-0.2, -0.15) is 0 Å². The highest BCUT2D eigenvalue weighted by atomic mass is 15.2. The van der Waals surface area contributed by atoms with Gasteiger partial charge in [0.25, 0.3) is 0 Å². The number of rotatable bonds is 12. The van der Waals surface area contributed by atoms with E-state index in [9.17, 15) is 0 Å². The van der Waals surface area contributed by atoms with Crippen molar-refractivity contribution in [2.45, 2.75) is 74.0 Å². The third kappa shape index (κ3) is 7.79. The molecule has 0 aromatic heterocycles. The van der Waals surface area contributed by atoms with Crippen LogP contribution in [0, 0.1) is 0 Å². The number of para-hydroxylation sites is 1. The van der Waals surface area contributed by atoms with Gasteiger partial charge in [0, 0.05) is 33.5 Å². The molecule has 66 heavy (non-hydrogen) atoms. The zero-order valence-corrected chi connectivity index (χ0v) is 37.5. The van der Waals surface area contributed by atoms with Crippen LogP contribution in [0.1, 0.15) is 107 Å². The topological polar surface area (TPSA) is 6.48 Å². The zero-order valence-electron chi connectivity index (χ0n) is 37.5. The first-order valence-electron chi connectivity index (χ1n) is 24.3. The maximum atomic E-state index is 2.49. The van der Waals surface area contributed by atoms with E-state index in [-0.39, 0.29) is 0 Å². The van der Waals surface area contributed by atoms with E-state index in [0.717, 1.165) is 5.69 Å². The van der Waals surface area contributed by atoms with Gasteiger partial charge in [0.05, 0.1) is 11.4 Å². The maximum Gasteiger partial charge on any atom is 0.0540 e. The molecule has 2 nitrogen and oxygen atoms in total. The minimum absolute atomic E-state index is 0.595. The van der Waals surface area contributed by atoms with Crippen LogP contribution in [0.2, 0.25) is 0 Å². The molecule has 0 N–H and O–H groups in total. The van der Waals surface area contributed by atoms with E-state index in [2.05, 4.69) is 240 Å². The van der Waals surface area contributed by atoms with Crippen LogP contribution in [0.15, 0.2) is 231 Å². The molecule has 322 valence electrons. The van der Waals surface area contributed by atoms with Crippen molar-refractivity contribution >= 4 is 44.9 Å². The summed E-state index contributed by atoms with van der Waals surface area (Å²) in [6, 6.07) is 86.2. The second kappa shape index (κ2) is 17.7. The highest BCUT2D eigenvalue weighted by Crippen LogP contribution is 2.52. The average Bonchev–Trinajstić information content (AvgIpc) is 3.33. The van der Waals surface area contributed by atoms with Gasteiger partial charge in [0.1, 0.15) is 0 Å². The lowest BCUT2D eigenvalue weighted by Crippen LogP contribution is -2.20. The predicted molar refractivity (Wildman–Crippen MR) is 277 cm³/mol. The molecular formula is C64H56N2. The molecule has 3 aliphatic rings. The molecule has 3 fully saturated rings. The third-order valence-electron chi connectivity index (χ3n) is 15.5. The van der Waals surface area contributed by atoms with Gasteiger partial charge in [-0.1, -0.05) is 170 Å². The van der Waals surface area contributed by atoms with Crippen molar-refractivity contribution in [1.82, 2.24) is 0 Å². The summed E-state index contributed by atoms with van der Waals surface area (Å²) in [7, 11) is 0. The normalized spacial score (nSPS) is 21.0. The van der Waals surface area contributed by atoms with E-state index in [4.69, 9.17) is 0 Å². The summed E-state index contributed by atoms with van der Waals surface area (Å²) in [6.07, 6.45) is 7.27. The van der Waals surface area contributed by atoms with Gasteiger partial charge in [-0.3, -0.25) is 0 Å². The van der Waals surface area contributed by atoms with Crippen molar-refractivity contribution in [3.8, 4) is 0 Å². The Morgan fingerprint density at radius 1 is 0.212 bits per heavy atom. The molecule has 0 spiro atoms. The number of hydrogen-bond acceptors (Lipinski definition) is 2. The molecule has 12 rings (SSSR count). The Kier molecular flexibility index (Phi) is 10.8. The minimum Gasteiger partial charge on any atom is -0.310 e. The lowest BCUT2D eigenvalue weighted by molar-refractivity contribution is 0.351. The number of hydrogen-bond donors (Lipinski definition) is 0. The second-order valence-electron chi connectivity index (χ2n) is 19.3. The zero-order chi connectivity index (χ0) is 43.8. The Morgan fingerprint density at radius 3 is 0.742 bits per heavy atom. The summed E-state index contributed by atoms with van der Waals surface area (Å²) >= 11 is 0. The van der Waals surface area contributed by atoms with Crippen LogP contribution in [0.4, 0.5) is 34.1 Å². The standard InChI is InChI=1S/C64H56N2/c1-5-15-45(16-6-1)51-39-54(40-51)48-27-33-58(34-28-48)65(57-21-11-4-12-22-57)63-25-13-24-62-61(63)23-14-26-64(62)66(59-35-29-49(30-36-59)55-41-52(42-55)46-17-7-2-8-18-46)60-37-31-50(32-38-60)56-43-53(44-56)47-19-9-3-10-20-47/h1-38,51-56H,39-44H2. The van der Waals surface area contributed by atoms with Gasteiger partial charge >= 0.3 is 0 Å². The molecule has 0 unspecified atom stereocenters. The van der Waals surface area contributed by atoms with Gasteiger partial charge in [-0.25, -0.2) is 0 Å². The first-order valence-corrected chi connectivity index (χ1v) is 24.3. The fraction of sp³-hybridized carbons (Fsp3) is 0.188. The summed E-state index contributed by atoms with van der Waals surface area (Å²) < 4.78 is 0. The number of nitrogens with zero attached hydrogens (tertiary/aromatic N) is 2. The molecule has 3 saturated carbocycles. The minimum atomic E-state index is 0.595. The van der Waals surface area contributed by atoms with Gasteiger partial charge in [-0.15, -0.1) is 0 Å². The van der Waals surface area contributed by atoms with Crippen LogP contribution in [0.3, 0.4) is 0 Å². The molecule has 0 heterocycles. The molecule has 0 aliphatic heterocycles. The lowest BCUT2D eigenvalue weighted by atomic mass is 9.68. The first-order chi connectivity index (χ1) is 32.7. The third-order valence-corrected chi connectivity index (χ3v) is 15.5. The van der Waals surface area contributed by atoms with E-state index in [1.165, 1.54) is 111 Å². The van der Waals surface area contributed by atoms with Crippen LogP contribution in [-0.2, 0) is 0 Å². The molecule has 0 atom stereocenters. The quantitative estimate of drug-likeness (QED) is 0.121. The fourth-order valence-electron chi connectivity index (χ4n) is 11.4. The highest BCUT2D eigenvalue weighted by molar-refractivity contribution is 6.06. The highest BCUT2D eigenvalue weighted by Gasteiger charge is 2.34. The lowest BCUT2D eigenvalue weighted by Gasteiger charge is -2.37. The molecule has 3 aliphatic carbocycles. The monoisotopic (exact) mass is 852 g/mol. The summed E-state index contributed by atoms with van der Waals surface area (Å²) in [4.78, 5) is 4.93. The Labute approximate surface area is 390 Å². The molecule has 9 aromatic carbocycles. The fourth-order valence-corrected chi connectivity index (χ4v) is 11.4. The van der Waals surface area contributed by atoms with Crippen LogP contribution >= 0.6 is 0 Å². The summed E-state index contributed by atoms with van der Waals surface area (Å²) in [5, 5.41) is 2.44. The van der Waals surface area contributed by atoms with Crippen LogP contribution < -0.4 is 9.80 Å². The Morgan fingerprint density at radius 2 is 0.455 bits per heavy atom. The molecule has 0 bridgehead atoms. The van der Waals surface area contributed by atoms with Gasteiger partial charge in [0.2, 0.25) is 0 Å². The van der Waals surface area contributed by atoms with Gasteiger partial charge < -0.3 is 9.80 Å². The Bertz CT molecular complexity index is 2920. The smallest absolute Gasteiger partial charge is 0.0540 e. The van der Waals surface area contributed by atoms with Crippen LogP contribution in [0.25, 0.3) is 10.8 Å². The first kappa shape index (κ1) is 40.4. The summed E-state index contributed by atoms with van der Waals surface area (Å²) in [5.74, 6) is 3.75.